The van der Waals surface area contributed by atoms with Crippen LogP contribution in [0.5, 0.6) is 0 Å². The van der Waals surface area contributed by atoms with Crippen molar-refractivity contribution < 1.29 is 13.3 Å². The summed E-state index contributed by atoms with van der Waals surface area (Å²) in [6.07, 6.45) is 21.8. The van der Waals surface area contributed by atoms with Crippen LogP contribution in [-0.4, -0.2) is 27.1 Å². The Kier molecular flexibility index (Phi) is 5.98. The zero-order chi connectivity index (χ0) is 16.2. The molecule has 0 radical (unpaired) electrons. The largest absolute Gasteiger partial charge is 0.504 e. The third-order valence-corrected chi connectivity index (χ3v) is 10.3. The summed E-state index contributed by atoms with van der Waals surface area (Å²) in [7, 11) is -2.56. The van der Waals surface area contributed by atoms with Crippen molar-refractivity contribution in [1.82, 2.24) is 0 Å². The summed E-state index contributed by atoms with van der Waals surface area (Å²) in [5.74, 6) is 0. The fraction of sp³-hybridized carbons (Fsp3) is 1.00. The highest BCUT2D eigenvalue weighted by molar-refractivity contribution is 6.62. The second-order valence-electron chi connectivity index (χ2n) is 8.66. The summed E-state index contributed by atoms with van der Waals surface area (Å²) in [6, 6.07) is 0. The Hall–Kier alpha value is 0.0969. The zero-order valence-corrected chi connectivity index (χ0v) is 16.3. The SMILES string of the molecule is C1CCC(O[Si](OC2CCCC2)(OC2CCCC2)C2CCCC2)C1. The molecule has 0 unspecified atom stereocenters. The van der Waals surface area contributed by atoms with Crippen LogP contribution in [0.3, 0.4) is 0 Å². The second-order valence-corrected chi connectivity index (χ2v) is 11.4. The molecule has 0 saturated heterocycles. The van der Waals surface area contributed by atoms with Crippen LogP contribution in [-0.2, 0) is 13.3 Å². The molecule has 0 bridgehead atoms. The number of rotatable bonds is 7. The molecule has 4 heteroatoms. The van der Waals surface area contributed by atoms with Crippen LogP contribution in [0, 0.1) is 0 Å². The number of hydrogen-bond acceptors (Lipinski definition) is 3. The molecule has 0 N–H and O–H groups in total. The summed E-state index contributed by atoms with van der Waals surface area (Å²) in [5, 5.41) is 0. The molecule has 0 aromatic rings. The summed E-state index contributed by atoms with van der Waals surface area (Å²) in [4.78, 5) is 0. The summed E-state index contributed by atoms with van der Waals surface area (Å²) in [5.41, 5.74) is 0.583. The van der Waals surface area contributed by atoms with E-state index >= 15 is 0 Å². The molecule has 3 nitrogen and oxygen atoms in total. The van der Waals surface area contributed by atoms with E-state index in [0.717, 1.165) is 0 Å². The van der Waals surface area contributed by atoms with Crippen molar-refractivity contribution >= 4 is 8.80 Å². The van der Waals surface area contributed by atoms with E-state index in [1.54, 1.807) is 0 Å². The van der Waals surface area contributed by atoms with Crippen LogP contribution in [0.15, 0.2) is 0 Å². The Labute approximate surface area is 149 Å². The molecule has 0 spiro atoms. The molecule has 4 aliphatic rings. The first-order chi connectivity index (χ1) is 11.8. The molecule has 0 aliphatic heterocycles. The van der Waals surface area contributed by atoms with E-state index in [4.69, 9.17) is 13.3 Å². The lowest BCUT2D eigenvalue weighted by Gasteiger charge is -2.40. The van der Waals surface area contributed by atoms with Gasteiger partial charge in [0.1, 0.15) is 0 Å². The van der Waals surface area contributed by atoms with Crippen LogP contribution >= 0.6 is 0 Å². The highest BCUT2D eigenvalue weighted by atomic mass is 28.4. The molecule has 4 rings (SSSR count). The topological polar surface area (TPSA) is 27.7 Å². The van der Waals surface area contributed by atoms with Crippen LogP contribution in [0.25, 0.3) is 0 Å². The highest BCUT2D eigenvalue weighted by Crippen LogP contribution is 2.45. The van der Waals surface area contributed by atoms with Gasteiger partial charge in [0.05, 0.1) is 0 Å². The van der Waals surface area contributed by atoms with Gasteiger partial charge in [-0.3, -0.25) is 0 Å². The van der Waals surface area contributed by atoms with Crippen LogP contribution in [0.2, 0.25) is 5.54 Å². The van der Waals surface area contributed by atoms with Gasteiger partial charge in [0.15, 0.2) is 0 Å². The number of hydrogen-bond donors (Lipinski definition) is 0. The molecule has 0 aromatic carbocycles. The van der Waals surface area contributed by atoms with Crippen molar-refractivity contribution in [3.63, 3.8) is 0 Å². The summed E-state index contributed by atoms with van der Waals surface area (Å²) >= 11 is 0. The molecular weight excluding hydrogens is 316 g/mol. The predicted molar refractivity (Wildman–Crippen MR) is 98.0 cm³/mol. The fourth-order valence-electron chi connectivity index (χ4n) is 5.37. The molecule has 4 saturated carbocycles. The van der Waals surface area contributed by atoms with Crippen molar-refractivity contribution in [2.24, 2.45) is 0 Å². The zero-order valence-electron chi connectivity index (χ0n) is 15.3. The van der Waals surface area contributed by atoms with E-state index in [0.29, 0.717) is 23.9 Å². The fourth-order valence-corrected chi connectivity index (χ4v) is 9.33. The lowest BCUT2D eigenvalue weighted by atomic mass is 10.3. The van der Waals surface area contributed by atoms with Gasteiger partial charge in [-0.1, -0.05) is 51.4 Å². The Morgan fingerprint density at radius 2 is 0.708 bits per heavy atom. The van der Waals surface area contributed by atoms with E-state index in [-0.39, 0.29) is 0 Å². The first-order valence-electron chi connectivity index (χ1n) is 10.9. The van der Waals surface area contributed by atoms with Crippen molar-refractivity contribution in [1.29, 1.82) is 0 Å². The molecule has 4 aliphatic carbocycles. The molecular formula is C20H36O3Si. The van der Waals surface area contributed by atoms with Crippen LogP contribution < -0.4 is 0 Å². The van der Waals surface area contributed by atoms with E-state index in [9.17, 15) is 0 Å². The van der Waals surface area contributed by atoms with E-state index in [2.05, 4.69) is 0 Å². The third kappa shape index (κ3) is 4.08. The Morgan fingerprint density at radius 3 is 1.04 bits per heavy atom. The lowest BCUT2D eigenvalue weighted by molar-refractivity contribution is -0.0231. The van der Waals surface area contributed by atoms with Crippen molar-refractivity contribution in [2.45, 2.75) is 127 Å². The van der Waals surface area contributed by atoms with Gasteiger partial charge in [0, 0.05) is 23.9 Å². The van der Waals surface area contributed by atoms with E-state index in [1.165, 1.54) is 103 Å². The molecule has 0 aromatic heterocycles. The molecule has 138 valence electrons. The van der Waals surface area contributed by atoms with E-state index in [1.807, 2.05) is 0 Å². The first kappa shape index (κ1) is 17.5. The van der Waals surface area contributed by atoms with Gasteiger partial charge >= 0.3 is 8.80 Å². The average Bonchev–Trinajstić information content (AvgIpc) is 3.37. The smallest absolute Gasteiger partial charge is 0.370 e. The molecule has 24 heavy (non-hydrogen) atoms. The van der Waals surface area contributed by atoms with Gasteiger partial charge < -0.3 is 13.3 Å². The monoisotopic (exact) mass is 352 g/mol. The lowest BCUT2D eigenvalue weighted by Crippen LogP contribution is -2.55. The predicted octanol–water partition coefficient (Wildman–Crippen LogP) is 5.75. The van der Waals surface area contributed by atoms with Crippen LogP contribution in [0.4, 0.5) is 0 Å². The van der Waals surface area contributed by atoms with Crippen molar-refractivity contribution in [3.8, 4) is 0 Å². The second kappa shape index (κ2) is 8.19. The van der Waals surface area contributed by atoms with Gasteiger partial charge in [-0.15, -0.1) is 0 Å². The highest BCUT2D eigenvalue weighted by Gasteiger charge is 2.55. The van der Waals surface area contributed by atoms with Gasteiger partial charge in [-0.25, -0.2) is 0 Å². The standard InChI is InChI=1S/C20H36O3Si/c1-2-10-17(9-1)21-24(20-15-7-8-16-20,22-18-11-3-4-12-18)23-19-13-5-6-14-19/h17-20H,1-16H2. The molecule has 4 fully saturated rings. The average molecular weight is 353 g/mol. The van der Waals surface area contributed by atoms with Gasteiger partial charge in [-0.05, 0) is 51.4 Å². The van der Waals surface area contributed by atoms with Gasteiger partial charge in [0.25, 0.3) is 0 Å². The molecule has 0 atom stereocenters. The summed E-state index contributed by atoms with van der Waals surface area (Å²) in [6.45, 7) is 0. The first-order valence-corrected chi connectivity index (χ1v) is 12.7. The maximum absolute atomic E-state index is 6.90. The molecule has 0 amide bonds. The third-order valence-electron chi connectivity index (χ3n) is 6.75. The minimum atomic E-state index is -2.56. The quantitative estimate of drug-likeness (QED) is 0.546. The maximum Gasteiger partial charge on any atom is 0.504 e. The maximum atomic E-state index is 6.90. The van der Waals surface area contributed by atoms with Crippen molar-refractivity contribution in [2.75, 3.05) is 0 Å². The summed E-state index contributed by atoms with van der Waals surface area (Å²) < 4.78 is 20.7. The minimum Gasteiger partial charge on any atom is -0.370 e. The van der Waals surface area contributed by atoms with Gasteiger partial charge in [0.2, 0.25) is 0 Å². The Balaban J connectivity index is 1.54. The van der Waals surface area contributed by atoms with Crippen molar-refractivity contribution in [3.05, 3.63) is 0 Å². The van der Waals surface area contributed by atoms with Crippen LogP contribution in [0.1, 0.15) is 103 Å². The molecule has 0 heterocycles. The normalized spacial score (nSPS) is 28.5. The Bertz CT molecular complexity index is 333. The van der Waals surface area contributed by atoms with Gasteiger partial charge in [-0.2, -0.15) is 0 Å². The van der Waals surface area contributed by atoms with E-state index < -0.39 is 8.80 Å². The minimum absolute atomic E-state index is 0.417. The Morgan fingerprint density at radius 1 is 0.417 bits per heavy atom.